The molecule has 2 heterocycles. The van der Waals surface area contributed by atoms with E-state index in [0.29, 0.717) is 0 Å². The van der Waals surface area contributed by atoms with Crippen LogP contribution in [0.25, 0.3) is 10.9 Å². The van der Waals surface area contributed by atoms with Crippen LogP contribution in [0, 0.1) is 0 Å². The third-order valence-electron chi connectivity index (χ3n) is 1.91. The SMILES string of the molecule is c1cc2c3c(ccnc3c1)O2. The average molecular weight is 143 g/mol. The zero-order valence-electron chi connectivity index (χ0n) is 5.74. The molecule has 52 valence electrons. The van der Waals surface area contributed by atoms with Gasteiger partial charge < -0.3 is 4.74 Å². The standard InChI is InChI=1S/C9H5NO/c1-2-6-9-7(3-1)11-8(9)4-5-10-6/h1-5H. The molecule has 0 atom stereocenters. The minimum atomic E-state index is 0.950. The van der Waals surface area contributed by atoms with Gasteiger partial charge in [-0.2, -0.15) is 0 Å². The van der Waals surface area contributed by atoms with E-state index in [0.717, 1.165) is 22.4 Å². The van der Waals surface area contributed by atoms with Crippen molar-refractivity contribution in [2.24, 2.45) is 0 Å². The molecule has 0 amide bonds. The first-order valence-electron chi connectivity index (χ1n) is 3.51. The molecule has 0 N–H and O–H groups in total. The topological polar surface area (TPSA) is 22.1 Å². The smallest absolute Gasteiger partial charge is 0.142 e. The van der Waals surface area contributed by atoms with Crippen LogP contribution in [0.2, 0.25) is 0 Å². The summed E-state index contributed by atoms with van der Waals surface area (Å²) in [5, 5.41) is 1.16. The molecule has 2 heteroatoms. The number of ether oxygens (including phenoxy) is 1. The molecule has 0 saturated carbocycles. The largest absolute Gasteiger partial charge is 0.456 e. The quantitative estimate of drug-likeness (QED) is 0.482. The third-order valence-corrected chi connectivity index (χ3v) is 1.91. The second-order valence-corrected chi connectivity index (χ2v) is 2.56. The highest BCUT2D eigenvalue weighted by atomic mass is 16.5. The van der Waals surface area contributed by atoms with Gasteiger partial charge in [0.15, 0.2) is 0 Å². The summed E-state index contributed by atoms with van der Waals surface area (Å²) in [5.41, 5.74) is 1.02. The lowest BCUT2D eigenvalue weighted by molar-refractivity contribution is 0.461. The van der Waals surface area contributed by atoms with Crippen LogP contribution in [0.4, 0.5) is 0 Å². The number of nitrogens with zero attached hydrogens (tertiary/aromatic N) is 1. The van der Waals surface area contributed by atoms with Crippen molar-refractivity contribution in [3.63, 3.8) is 0 Å². The van der Waals surface area contributed by atoms with Crippen molar-refractivity contribution in [2.45, 2.75) is 0 Å². The van der Waals surface area contributed by atoms with Crippen molar-refractivity contribution in [1.82, 2.24) is 4.98 Å². The summed E-state index contributed by atoms with van der Waals surface area (Å²) in [6.45, 7) is 0. The molecule has 1 aromatic heterocycles. The van der Waals surface area contributed by atoms with Gasteiger partial charge in [-0.25, -0.2) is 0 Å². The Morgan fingerprint density at radius 3 is 2.91 bits per heavy atom. The second-order valence-electron chi connectivity index (χ2n) is 2.56. The number of rotatable bonds is 0. The van der Waals surface area contributed by atoms with Gasteiger partial charge in [-0.15, -0.1) is 0 Å². The van der Waals surface area contributed by atoms with E-state index in [4.69, 9.17) is 4.74 Å². The molecule has 11 heavy (non-hydrogen) atoms. The Labute approximate surface area is 63.4 Å². The highest BCUT2D eigenvalue weighted by molar-refractivity contribution is 5.95. The maximum absolute atomic E-state index is 5.34. The Morgan fingerprint density at radius 2 is 2.00 bits per heavy atom. The van der Waals surface area contributed by atoms with Gasteiger partial charge in [0, 0.05) is 6.20 Å². The Bertz CT molecular complexity index is 400. The molecule has 0 fully saturated rings. The van der Waals surface area contributed by atoms with Gasteiger partial charge in [0.25, 0.3) is 0 Å². The lowest BCUT2D eigenvalue weighted by Gasteiger charge is -2.19. The van der Waals surface area contributed by atoms with E-state index in [1.165, 1.54) is 0 Å². The van der Waals surface area contributed by atoms with Gasteiger partial charge in [0.05, 0.1) is 10.9 Å². The molecular weight excluding hydrogens is 138 g/mol. The van der Waals surface area contributed by atoms with Crippen LogP contribution in [0.1, 0.15) is 0 Å². The number of aromatic nitrogens is 1. The summed E-state index contributed by atoms with van der Waals surface area (Å²) in [6.07, 6.45) is 1.76. The van der Waals surface area contributed by atoms with Crippen LogP contribution in [0.3, 0.4) is 0 Å². The van der Waals surface area contributed by atoms with Crippen molar-refractivity contribution in [1.29, 1.82) is 0 Å². The third kappa shape index (κ3) is 0.499. The van der Waals surface area contributed by atoms with Gasteiger partial charge in [-0.3, -0.25) is 4.98 Å². The second kappa shape index (κ2) is 1.53. The molecule has 1 aromatic carbocycles. The molecule has 1 aliphatic heterocycles. The van der Waals surface area contributed by atoms with Crippen LogP contribution in [0.15, 0.2) is 30.5 Å². The van der Waals surface area contributed by atoms with Crippen LogP contribution in [-0.4, -0.2) is 4.98 Å². The van der Waals surface area contributed by atoms with Gasteiger partial charge in [-0.1, -0.05) is 6.07 Å². The Kier molecular flexibility index (Phi) is 0.714. The maximum atomic E-state index is 5.34. The molecule has 2 aromatic rings. The first kappa shape index (κ1) is 5.13. The number of benzene rings is 1. The lowest BCUT2D eigenvalue weighted by atomic mass is 10.1. The predicted octanol–water partition coefficient (Wildman–Crippen LogP) is 2.34. The molecular formula is C9H5NO. The van der Waals surface area contributed by atoms with E-state index >= 15 is 0 Å². The highest BCUT2D eigenvalue weighted by Gasteiger charge is 2.17. The van der Waals surface area contributed by atoms with E-state index in [1.807, 2.05) is 24.3 Å². The fraction of sp³-hybridized carbons (Fsp3) is 0. The molecule has 0 bridgehead atoms. The minimum Gasteiger partial charge on any atom is -0.456 e. The number of hydrogen-bond donors (Lipinski definition) is 0. The molecule has 0 spiro atoms. The first-order chi connectivity index (χ1) is 5.45. The van der Waals surface area contributed by atoms with E-state index in [-0.39, 0.29) is 0 Å². The summed E-state index contributed by atoms with van der Waals surface area (Å²) in [4.78, 5) is 4.20. The maximum Gasteiger partial charge on any atom is 0.142 e. The fourth-order valence-corrected chi connectivity index (χ4v) is 1.39. The van der Waals surface area contributed by atoms with Gasteiger partial charge in [0.1, 0.15) is 11.5 Å². The van der Waals surface area contributed by atoms with Crippen LogP contribution in [-0.2, 0) is 0 Å². The van der Waals surface area contributed by atoms with Crippen molar-refractivity contribution < 1.29 is 4.74 Å². The lowest BCUT2D eigenvalue weighted by Crippen LogP contribution is -1.97. The van der Waals surface area contributed by atoms with E-state index < -0.39 is 0 Å². The van der Waals surface area contributed by atoms with E-state index in [2.05, 4.69) is 4.98 Å². The normalized spacial score (nSPS) is 12.4. The molecule has 1 aliphatic rings. The van der Waals surface area contributed by atoms with Crippen molar-refractivity contribution in [3.05, 3.63) is 30.5 Å². The van der Waals surface area contributed by atoms with Gasteiger partial charge in [0.2, 0.25) is 0 Å². The zero-order valence-corrected chi connectivity index (χ0v) is 5.74. The van der Waals surface area contributed by atoms with E-state index in [9.17, 15) is 0 Å². The summed E-state index contributed by atoms with van der Waals surface area (Å²) in [5.74, 6) is 1.90. The van der Waals surface area contributed by atoms with Gasteiger partial charge >= 0.3 is 0 Å². The van der Waals surface area contributed by atoms with Crippen LogP contribution < -0.4 is 4.74 Å². The molecule has 3 rings (SSSR count). The molecule has 0 unspecified atom stereocenters. The van der Waals surface area contributed by atoms with Crippen LogP contribution in [0.5, 0.6) is 11.5 Å². The average Bonchev–Trinajstić information content (AvgIpc) is 2.01. The predicted molar refractivity (Wildman–Crippen MR) is 41.8 cm³/mol. The van der Waals surface area contributed by atoms with Crippen LogP contribution >= 0.6 is 0 Å². The van der Waals surface area contributed by atoms with Gasteiger partial charge in [-0.05, 0) is 18.2 Å². The highest BCUT2D eigenvalue weighted by Crippen LogP contribution is 2.43. The van der Waals surface area contributed by atoms with Crippen molar-refractivity contribution >= 4 is 10.9 Å². The number of pyridine rings is 1. The summed E-state index contributed by atoms with van der Waals surface area (Å²) in [6, 6.07) is 7.78. The molecule has 2 nitrogen and oxygen atoms in total. The summed E-state index contributed by atoms with van der Waals surface area (Å²) >= 11 is 0. The monoisotopic (exact) mass is 143 g/mol. The Balaban J connectivity index is 2.61. The zero-order chi connectivity index (χ0) is 7.26. The fourth-order valence-electron chi connectivity index (χ4n) is 1.39. The molecule has 0 radical (unpaired) electrons. The van der Waals surface area contributed by atoms with E-state index in [1.54, 1.807) is 6.20 Å². The van der Waals surface area contributed by atoms with Crippen molar-refractivity contribution in [2.75, 3.05) is 0 Å². The Hall–Kier alpha value is -1.57. The summed E-state index contributed by atoms with van der Waals surface area (Å²) in [7, 11) is 0. The summed E-state index contributed by atoms with van der Waals surface area (Å²) < 4.78 is 5.34. The minimum absolute atomic E-state index is 0.950. The Morgan fingerprint density at radius 1 is 1.09 bits per heavy atom. The number of hydrogen-bond acceptors (Lipinski definition) is 2. The first-order valence-corrected chi connectivity index (χ1v) is 3.51. The van der Waals surface area contributed by atoms with Crippen molar-refractivity contribution in [3.8, 4) is 11.5 Å². The molecule has 0 saturated heterocycles. The molecule has 0 aliphatic carbocycles.